The van der Waals surface area contributed by atoms with Crippen LogP contribution in [0.4, 0.5) is 4.39 Å². The Labute approximate surface area is 112 Å². The number of nitrogens with one attached hydrogen (secondary N) is 2. The predicted molar refractivity (Wildman–Crippen MR) is 69.4 cm³/mol. The second kappa shape index (κ2) is 6.63. The molecule has 0 unspecified atom stereocenters. The number of rotatable bonds is 6. The molecule has 0 aliphatic heterocycles. The van der Waals surface area contributed by atoms with E-state index in [0.29, 0.717) is 6.54 Å². The highest BCUT2D eigenvalue weighted by Crippen LogP contribution is 2.12. The highest BCUT2D eigenvalue weighted by atomic mass is 32.2. The molecule has 0 aliphatic rings. The Balaban J connectivity index is 2.62. The van der Waals surface area contributed by atoms with E-state index in [2.05, 4.69) is 10.0 Å². The lowest BCUT2D eigenvalue weighted by Gasteiger charge is -2.09. The molecule has 0 atom stereocenters. The van der Waals surface area contributed by atoms with Crippen LogP contribution in [0.25, 0.3) is 0 Å². The molecule has 0 aliphatic carbocycles. The molecule has 0 radical (unpaired) electrons. The molecule has 0 aromatic heterocycles. The van der Waals surface area contributed by atoms with E-state index in [-0.39, 0.29) is 5.92 Å². The lowest BCUT2D eigenvalue weighted by molar-refractivity contribution is -0.120. The summed E-state index contributed by atoms with van der Waals surface area (Å²) in [5.41, 5.74) is 0. The van der Waals surface area contributed by atoms with E-state index in [4.69, 9.17) is 0 Å². The van der Waals surface area contributed by atoms with Crippen LogP contribution in [0.5, 0.6) is 0 Å². The molecular weight excluding hydrogens is 271 g/mol. The molecule has 1 rings (SSSR count). The Morgan fingerprint density at radius 3 is 2.53 bits per heavy atom. The fraction of sp³-hybridized carbons (Fsp3) is 0.417. The fourth-order valence-electron chi connectivity index (χ4n) is 1.28. The van der Waals surface area contributed by atoms with Crippen LogP contribution in [-0.4, -0.2) is 27.4 Å². The van der Waals surface area contributed by atoms with Gasteiger partial charge in [0.05, 0.1) is 6.54 Å². The highest BCUT2D eigenvalue weighted by Gasteiger charge is 2.19. The summed E-state index contributed by atoms with van der Waals surface area (Å²) in [5.74, 6) is -1.03. The summed E-state index contributed by atoms with van der Waals surface area (Å²) < 4.78 is 38.9. The number of halogens is 1. The average Bonchev–Trinajstić information content (AvgIpc) is 2.34. The van der Waals surface area contributed by atoms with Gasteiger partial charge in [0.1, 0.15) is 10.7 Å². The molecule has 2 N–H and O–H groups in total. The van der Waals surface area contributed by atoms with Crippen LogP contribution < -0.4 is 10.0 Å². The SMILES string of the molecule is CC(C)CNC(=O)CNS(=O)(=O)c1ccccc1F. The van der Waals surface area contributed by atoms with Crippen molar-refractivity contribution in [1.29, 1.82) is 0 Å². The summed E-state index contributed by atoms with van der Waals surface area (Å²) in [6.07, 6.45) is 0. The number of amides is 1. The topological polar surface area (TPSA) is 75.3 Å². The van der Waals surface area contributed by atoms with Crippen molar-refractivity contribution in [3.8, 4) is 0 Å². The molecule has 0 spiro atoms. The molecule has 0 heterocycles. The Morgan fingerprint density at radius 1 is 1.32 bits per heavy atom. The number of hydrogen-bond acceptors (Lipinski definition) is 3. The van der Waals surface area contributed by atoms with Crippen LogP contribution in [0, 0.1) is 11.7 Å². The largest absolute Gasteiger partial charge is 0.355 e. The predicted octanol–water partition coefficient (Wildman–Crippen LogP) is 0.876. The van der Waals surface area contributed by atoms with Gasteiger partial charge < -0.3 is 5.32 Å². The van der Waals surface area contributed by atoms with E-state index in [1.807, 2.05) is 13.8 Å². The van der Waals surface area contributed by atoms with Gasteiger partial charge in [-0.25, -0.2) is 17.5 Å². The van der Waals surface area contributed by atoms with Crippen molar-refractivity contribution in [3.63, 3.8) is 0 Å². The summed E-state index contributed by atoms with van der Waals surface area (Å²) >= 11 is 0. The second-order valence-corrected chi connectivity index (χ2v) is 6.19. The van der Waals surface area contributed by atoms with Crippen molar-refractivity contribution in [1.82, 2.24) is 10.0 Å². The minimum absolute atomic E-state index is 0.270. The summed E-state index contributed by atoms with van der Waals surface area (Å²) in [6, 6.07) is 5.00. The molecule has 0 saturated carbocycles. The second-order valence-electron chi connectivity index (χ2n) is 4.45. The maximum atomic E-state index is 13.3. The van der Waals surface area contributed by atoms with Crippen LogP contribution in [0.1, 0.15) is 13.8 Å². The normalized spacial score (nSPS) is 11.6. The molecule has 5 nitrogen and oxygen atoms in total. The monoisotopic (exact) mass is 288 g/mol. The summed E-state index contributed by atoms with van der Waals surface area (Å²) in [6.45, 7) is 3.89. The van der Waals surface area contributed by atoms with Crippen LogP contribution in [0.2, 0.25) is 0 Å². The lowest BCUT2D eigenvalue weighted by Crippen LogP contribution is -2.38. The zero-order valence-corrected chi connectivity index (χ0v) is 11.6. The zero-order chi connectivity index (χ0) is 14.5. The summed E-state index contributed by atoms with van der Waals surface area (Å²) in [5, 5.41) is 2.56. The van der Waals surface area contributed by atoms with E-state index in [1.54, 1.807) is 0 Å². The first-order chi connectivity index (χ1) is 8.83. The molecule has 0 fully saturated rings. The first-order valence-corrected chi connectivity index (χ1v) is 7.32. The third kappa shape index (κ3) is 4.96. The number of benzene rings is 1. The molecule has 19 heavy (non-hydrogen) atoms. The van der Waals surface area contributed by atoms with Gasteiger partial charge in [-0.15, -0.1) is 0 Å². The van der Waals surface area contributed by atoms with Gasteiger partial charge in [0.25, 0.3) is 0 Å². The summed E-state index contributed by atoms with van der Waals surface area (Å²) in [7, 11) is -4.01. The highest BCUT2D eigenvalue weighted by molar-refractivity contribution is 7.89. The van der Waals surface area contributed by atoms with Gasteiger partial charge >= 0.3 is 0 Å². The maximum absolute atomic E-state index is 13.3. The van der Waals surface area contributed by atoms with Crippen molar-refractivity contribution in [2.45, 2.75) is 18.7 Å². The fourth-order valence-corrected chi connectivity index (χ4v) is 2.34. The van der Waals surface area contributed by atoms with Gasteiger partial charge in [0.15, 0.2) is 0 Å². The lowest BCUT2D eigenvalue weighted by atomic mass is 10.2. The number of sulfonamides is 1. The van der Waals surface area contributed by atoms with Crippen LogP contribution >= 0.6 is 0 Å². The molecule has 7 heteroatoms. The smallest absolute Gasteiger partial charge is 0.243 e. The van der Waals surface area contributed by atoms with Crippen LogP contribution in [0.3, 0.4) is 0 Å². The van der Waals surface area contributed by atoms with E-state index >= 15 is 0 Å². The Morgan fingerprint density at radius 2 is 1.95 bits per heavy atom. The van der Waals surface area contributed by atoms with Crippen molar-refractivity contribution in [3.05, 3.63) is 30.1 Å². The Hall–Kier alpha value is -1.47. The van der Waals surface area contributed by atoms with E-state index in [0.717, 1.165) is 12.1 Å². The first-order valence-electron chi connectivity index (χ1n) is 5.84. The van der Waals surface area contributed by atoms with Crippen molar-refractivity contribution >= 4 is 15.9 Å². The van der Waals surface area contributed by atoms with E-state index in [1.165, 1.54) is 12.1 Å². The van der Waals surface area contributed by atoms with Gasteiger partial charge in [0.2, 0.25) is 15.9 Å². The third-order valence-corrected chi connectivity index (χ3v) is 3.69. The quantitative estimate of drug-likeness (QED) is 0.816. The van der Waals surface area contributed by atoms with Crippen molar-refractivity contribution in [2.75, 3.05) is 13.1 Å². The number of carbonyl (C=O) groups is 1. The zero-order valence-electron chi connectivity index (χ0n) is 10.8. The minimum Gasteiger partial charge on any atom is -0.355 e. The standard InChI is InChI=1S/C12H17FN2O3S/c1-9(2)7-14-12(16)8-15-19(17,18)11-6-4-3-5-10(11)13/h3-6,9,15H,7-8H2,1-2H3,(H,14,16). The molecular formula is C12H17FN2O3S. The van der Waals surface area contributed by atoms with Gasteiger partial charge in [-0.2, -0.15) is 0 Å². The van der Waals surface area contributed by atoms with Crippen LogP contribution in [0.15, 0.2) is 29.2 Å². The van der Waals surface area contributed by atoms with Gasteiger partial charge in [0, 0.05) is 6.54 Å². The molecule has 1 aromatic rings. The van der Waals surface area contributed by atoms with Gasteiger partial charge in [-0.1, -0.05) is 26.0 Å². The van der Waals surface area contributed by atoms with Gasteiger partial charge in [-0.05, 0) is 18.1 Å². The number of carbonyl (C=O) groups excluding carboxylic acids is 1. The molecule has 106 valence electrons. The van der Waals surface area contributed by atoms with Crippen molar-refractivity contribution < 1.29 is 17.6 Å². The van der Waals surface area contributed by atoms with Crippen molar-refractivity contribution in [2.24, 2.45) is 5.92 Å². The number of hydrogen-bond donors (Lipinski definition) is 2. The molecule has 0 bridgehead atoms. The Kier molecular flexibility index (Phi) is 5.44. The molecule has 0 saturated heterocycles. The molecule has 1 aromatic carbocycles. The summed E-state index contributed by atoms with van der Waals surface area (Å²) in [4.78, 5) is 10.9. The maximum Gasteiger partial charge on any atom is 0.243 e. The van der Waals surface area contributed by atoms with Gasteiger partial charge in [-0.3, -0.25) is 4.79 Å². The average molecular weight is 288 g/mol. The first kappa shape index (κ1) is 15.6. The van der Waals surface area contributed by atoms with E-state index in [9.17, 15) is 17.6 Å². The molecule has 1 amide bonds. The third-order valence-electron chi connectivity index (χ3n) is 2.26. The van der Waals surface area contributed by atoms with E-state index < -0.39 is 33.2 Å². The van der Waals surface area contributed by atoms with Crippen LogP contribution in [-0.2, 0) is 14.8 Å². The Bertz CT molecular complexity index is 544. The minimum atomic E-state index is -4.01.